The smallest absolute Gasteiger partial charge is 0.335 e. The highest BCUT2D eigenvalue weighted by atomic mass is 16.7. The number of hydrogen-bond acceptors (Lipinski definition) is 6. The van der Waals surface area contributed by atoms with Crippen LogP contribution in [0.3, 0.4) is 0 Å². The highest BCUT2D eigenvalue weighted by Crippen LogP contribution is 2.14. The molecule has 0 unspecified atom stereocenters. The highest BCUT2D eigenvalue weighted by molar-refractivity contribution is 5.88. The summed E-state index contributed by atoms with van der Waals surface area (Å²) in [7, 11) is 0. The predicted molar refractivity (Wildman–Crippen MR) is 72.9 cm³/mol. The van der Waals surface area contributed by atoms with Crippen LogP contribution in [0, 0.1) is 0 Å². The van der Waals surface area contributed by atoms with Crippen LogP contribution in [-0.2, 0) is 0 Å². The number of carbonyl (C=O) groups is 2. The van der Waals surface area contributed by atoms with Crippen molar-refractivity contribution in [1.29, 1.82) is 0 Å². The van der Waals surface area contributed by atoms with Crippen LogP contribution in [0.1, 0.15) is 20.7 Å². The van der Waals surface area contributed by atoms with Gasteiger partial charge in [0.1, 0.15) is 0 Å². The molecule has 0 spiro atoms. The van der Waals surface area contributed by atoms with Gasteiger partial charge in [0.05, 0.1) is 21.7 Å². The lowest BCUT2D eigenvalue weighted by Crippen LogP contribution is -1.95. The van der Waals surface area contributed by atoms with Gasteiger partial charge >= 0.3 is 11.9 Å². The largest absolute Gasteiger partial charge is 0.478 e. The lowest BCUT2D eigenvalue weighted by Gasteiger charge is -1.99. The molecule has 0 aliphatic carbocycles. The summed E-state index contributed by atoms with van der Waals surface area (Å²) in [4.78, 5) is 31.1. The molecule has 0 bridgehead atoms. The van der Waals surface area contributed by atoms with Crippen molar-refractivity contribution in [3.05, 3.63) is 59.7 Å². The molecule has 2 N–H and O–H groups in total. The Kier molecular flexibility index (Phi) is 4.66. The van der Waals surface area contributed by atoms with E-state index in [0.29, 0.717) is 11.5 Å². The van der Waals surface area contributed by atoms with Crippen LogP contribution in [0.25, 0.3) is 0 Å². The summed E-state index contributed by atoms with van der Waals surface area (Å²) in [5.41, 5.74) is 0.248. The third kappa shape index (κ3) is 4.04. The number of rotatable bonds is 6. The van der Waals surface area contributed by atoms with Crippen molar-refractivity contribution < 1.29 is 29.5 Å². The summed E-state index contributed by atoms with van der Waals surface area (Å²) in [6.07, 6.45) is 0. The second kappa shape index (κ2) is 6.84. The van der Waals surface area contributed by atoms with Gasteiger partial charge in [-0.25, -0.2) is 9.59 Å². The van der Waals surface area contributed by atoms with Crippen LogP contribution in [0.4, 0.5) is 0 Å². The molecular weight excluding hydrogens is 292 g/mol. The predicted octanol–water partition coefficient (Wildman–Crippen LogP) is 2.82. The first kappa shape index (κ1) is 15.0. The Hall–Kier alpha value is -3.42. The fraction of sp³-hybridized carbons (Fsp3) is 0. The molecule has 112 valence electrons. The number of nitrogens with zero attached hydrogens (tertiary/aromatic N) is 2. The normalized spacial score (nSPS) is 10.4. The molecule has 0 saturated carbocycles. The molecule has 0 fully saturated rings. The number of carboxylic acids is 2. The molecule has 0 amide bonds. The number of carboxylic acid groups (broad SMARTS) is 2. The Bertz CT molecular complexity index is 633. The zero-order valence-corrected chi connectivity index (χ0v) is 11.0. The zero-order chi connectivity index (χ0) is 15.9. The molecule has 22 heavy (non-hydrogen) atoms. The first-order chi connectivity index (χ1) is 10.6. The maximum Gasteiger partial charge on any atom is 0.335 e. The van der Waals surface area contributed by atoms with E-state index in [9.17, 15) is 9.59 Å². The van der Waals surface area contributed by atoms with Crippen molar-refractivity contribution in [2.45, 2.75) is 0 Å². The molecule has 0 saturated heterocycles. The minimum absolute atomic E-state index is 0.124. The van der Waals surface area contributed by atoms with Crippen molar-refractivity contribution in [2.75, 3.05) is 0 Å². The van der Waals surface area contributed by atoms with Crippen LogP contribution in [-0.4, -0.2) is 22.2 Å². The lowest BCUT2D eigenvalue weighted by atomic mass is 10.2. The van der Waals surface area contributed by atoms with Crippen molar-refractivity contribution in [1.82, 2.24) is 0 Å². The van der Waals surface area contributed by atoms with Gasteiger partial charge in [-0.2, -0.15) is 0 Å². The summed E-state index contributed by atoms with van der Waals surface area (Å²) in [5.74, 6) is -1.50. The van der Waals surface area contributed by atoms with Crippen LogP contribution >= 0.6 is 0 Å². The van der Waals surface area contributed by atoms with Gasteiger partial charge in [-0.15, -0.1) is 0 Å². The molecule has 0 atom stereocenters. The minimum Gasteiger partial charge on any atom is -0.478 e. The van der Waals surface area contributed by atoms with Gasteiger partial charge in [0.25, 0.3) is 0 Å². The quantitative estimate of drug-likeness (QED) is 0.625. The summed E-state index contributed by atoms with van der Waals surface area (Å²) in [6.45, 7) is 0. The highest BCUT2D eigenvalue weighted by Gasteiger charge is 2.03. The van der Waals surface area contributed by atoms with Gasteiger partial charge in [0, 0.05) is 0 Å². The fourth-order valence-electron chi connectivity index (χ4n) is 1.44. The van der Waals surface area contributed by atoms with Gasteiger partial charge in [0.2, 0.25) is 0 Å². The van der Waals surface area contributed by atoms with E-state index in [-0.39, 0.29) is 11.1 Å². The molecule has 2 aromatic rings. The van der Waals surface area contributed by atoms with E-state index in [4.69, 9.17) is 19.9 Å². The lowest BCUT2D eigenvalue weighted by molar-refractivity contribution is 0.0686. The van der Waals surface area contributed by atoms with E-state index in [1.165, 1.54) is 48.5 Å². The third-order valence-corrected chi connectivity index (χ3v) is 2.53. The van der Waals surface area contributed by atoms with Crippen LogP contribution in [0.15, 0.2) is 59.1 Å². The third-order valence-electron chi connectivity index (χ3n) is 2.53. The van der Waals surface area contributed by atoms with E-state index in [1.807, 2.05) is 0 Å². The Morgan fingerprint density at radius 3 is 1.27 bits per heavy atom. The monoisotopic (exact) mass is 302 g/mol. The van der Waals surface area contributed by atoms with Gasteiger partial charge in [-0.3, -0.25) is 0 Å². The fourth-order valence-corrected chi connectivity index (χ4v) is 1.44. The van der Waals surface area contributed by atoms with Gasteiger partial charge in [0.15, 0.2) is 11.5 Å². The molecule has 0 aromatic heterocycles. The van der Waals surface area contributed by atoms with Gasteiger partial charge in [-0.1, -0.05) is 0 Å². The average Bonchev–Trinajstić information content (AvgIpc) is 2.52. The van der Waals surface area contributed by atoms with Crippen molar-refractivity contribution in [3.8, 4) is 11.5 Å². The molecule has 0 radical (unpaired) electrons. The van der Waals surface area contributed by atoms with Crippen LogP contribution in [0.5, 0.6) is 11.5 Å². The Balaban J connectivity index is 1.87. The van der Waals surface area contributed by atoms with E-state index < -0.39 is 11.9 Å². The number of hydrogen-bond donors (Lipinski definition) is 2. The first-order valence-corrected chi connectivity index (χ1v) is 5.97. The topological polar surface area (TPSA) is 118 Å². The molecule has 0 aliphatic rings. The van der Waals surface area contributed by atoms with Crippen molar-refractivity contribution >= 4 is 11.9 Å². The molecule has 8 nitrogen and oxygen atoms in total. The molecule has 0 aliphatic heterocycles. The molecule has 2 aromatic carbocycles. The summed E-state index contributed by atoms with van der Waals surface area (Å²) in [5, 5.41) is 24.1. The zero-order valence-electron chi connectivity index (χ0n) is 11.0. The second-order valence-electron chi connectivity index (χ2n) is 4.00. The van der Waals surface area contributed by atoms with Gasteiger partial charge in [-0.05, 0) is 48.5 Å². The second-order valence-corrected chi connectivity index (χ2v) is 4.00. The summed E-state index contributed by atoms with van der Waals surface area (Å²) in [6, 6.07) is 11.1. The van der Waals surface area contributed by atoms with Gasteiger partial charge < -0.3 is 19.9 Å². The Morgan fingerprint density at radius 2 is 1.00 bits per heavy atom. The van der Waals surface area contributed by atoms with E-state index >= 15 is 0 Å². The summed E-state index contributed by atoms with van der Waals surface area (Å²) >= 11 is 0. The van der Waals surface area contributed by atoms with Crippen LogP contribution in [0.2, 0.25) is 0 Å². The SMILES string of the molecule is O=C(O)c1ccc(ON=NOc2ccc(C(=O)O)cc2)cc1. The molecule has 8 heteroatoms. The molecular formula is C14H10N2O6. The standard InChI is InChI=1S/C14H10N2O6/c17-13(18)9-1-5-11(6-2-9)21-15-16-22-12-7-3-10(4-8-12)14(19)20/h1-8H,(H,17,18)(H,19,20). The Labute approximate surface area is 124 Å². The number of benzene rings is 2. The Morgan fingerprint density at radius 1 is 0.682 bits per heavy atom. The van der Waals surface area contributed by atoms with Crippen LogP contribution < -0.4 is 9.68 Å². The minimum atomic E-state index is -1.04. The molecule has 2 rings (SSSR count). The van der Waals surface area contributed by atoms with E-state index in [0.717, 1.165) is 0 Å². The maximum atomic E-state index is 10.7. The maximum absolute atomic E-state index is 10.7. The van der Waals surface area contributed by atoms with E-state index in [1.54, 1.807) is 0 Å². The average molecular weight is 302 g/mol. The number of aromatic carboxylic acids is 2. The van der Waals surface area contributed by atoms with Crippen molar-refractivity contribution in [2.24, 2.45) is 10.6 Å². The van der Waals surface area contributed by atoms with E-state index in [2.05, 4.69) is 10.6 Å². The molecule has 0 heterocycles. The first-order valence-electron chi connectivity index (χ1n) is 5.97. The van der Waals surface area contributed by atoms with Crippen molar-refractivity contribution in [3.63, 3.8) is 0 Å². The summed E-state index contributed by atoms with van der Waals surface area (Å²) < 4.78 is 0.